The lowest BCUT2D eigenvalue weighted by molar-refractivity contribution is -0.146. The Hall–Kier alpha value is -2.25. The van der Waals surface area contributed by atoms with Gasteiger partial charge in [-0.3, -0.25) is 9.89 Å². The molecule has 222 valence electrons. The van der Waals surface area contributed by atoms with E-state index in [1.807, 2.05) is 0 Å². The number of H-pyrrole nitrogens is 1. The second-order valence-corrected chi connectivity index (χ2v) is 14.6. The summed E-state index contributed by atoms with van der Waals surface area (Å²) in [5.41, 5.74) is 5.07. The van der Waals surface area contributed by atoms with Crippen molar-refractivity contribution >= 4 is 16.6 Å². The maximum absolute atomic E-state index is 13.2. The Morgan fingerprint density at radius 1 is 0.976 bits per heavy atom. The van der Waals surface area contributed by atoms with E-state index >= 15 is 0 Å². The van der Waals surface area contributed by atoms with Crippen LogP contribution in [0.25, 0.3) is 10.9 Å². The number of hydrogen-bond donors (Lipinski definition) is 2. The molecule has 7 atom stereocenters. The van der Waals surface area contributed by atoms with Crippen molar-refractivity contribution in [1.29, 1.82) is 0 Å². The van der Waals surface area contributed by atoms with Crippen LogP contribution in [0.3, 0.4) is 0 Å². The molecule has 6 aliphatic heterocycles. The topological polar surface area (TPSA) is 64.1 Å². The highest BCUT2D eigenvalue weighted by atomic mass is 16.5. The third-order valence-corrected chi connectivity index (χ3v) is 12.3. The van der Waals surface area contributed by atoms with Crippen molar-refractivity contribution in [2.75, 3.05) is 32.7 Å². The number of piperidine rings is 1. The van der Waals surface area contributed by atoms with E-state index in [0.29, 0.717) is 12.0 Å². The summed E-state index contributed by atoms with van der Waals surface area (Å²) in [6.45, 7) is 5.22. The van der Waals surface area contributed by atoms with E-state index in [4.69, 9.17) is 9.73 Å². The van der Waals surface area contributed by atoms with Crippen LogP contribution >= 0.6 is 0 Å². The van der Waals surface area contributed by atoms with Gasteiger partial charge in [0, 0.05) is 36.0 Å². The number of aromatic nitrogens is 1. The molecule has 7 heterocycles. The zero-order valence-electron chi connectivity index (χ0n) is 25.0. The van der Waals surface area contributed by atoms with Crippen LogP contribution in [0.2, 0.25) is 0 Å². The molecule has 1 aliphatic carbocycles. The highest BCUT2D eigenvalue weighted by molar-refractivity contribution is 6.16. The van der Waals surface area contributed by atoms with E-state index in [0.717, 1.165) is 89.8 Å². The number of aromatic amines is 1. The molecule has 2 aromatic rings. The van der Waals surface area contributed by atoms with Crippen LogP contribution in [-0.4, -0.2) is 81.8 Å². The van der Waals surface area contributed by atoms with Gasteiger partial charge in [-0.15, -0.1) is 0 Å². The van der Waals surface area contributed by atoms with Gasteiger partial charge in [-0.1, -0.05) is 30.4 Å². The number of rotatable bonds is 1. The zero-order valence-corrected chi connectivity index (χ0v) is 25.0. The Balaban J connectivity index is 1.24. The number of nitrogens with zero attached hydrogens (tertiary/aromatic N) is 3. The van der Waals surface area contributed by atoms with Crippen molar-refractivity contribution in [3.8, 4) is 0 Å². The van der Waals surface area contributed by atoms with E-state index in [9.17, 15) is 5.11 Å². The summed E-state index contributed by atoms with van der Waals surface area (Å²) < 4.78 is 7.09. The minimum absolute atomic E-state index is 0.0484. The van der Waals surface area contributed by atoms with Gasteiger partial charge >= 0.3 is 0 Å². The molecule has 42 heavy (non-hydrogen) atoms. The summed E-state index contributed by atoms with van der Waals surface area (Å²) in [6.07, 6.45) is 20.5. The fourth-order valence-corrected chi connectivity index (χ4v) is 10.8. The second kappa shape index (κ2) is 9.62. The average Bonchev–Trinajstić information content (AvgIpc) is 3.61. The Morgan fingerprint density at radius 2 is 1.90 bits per heavy atom. The lowest BCUT2D eigenvalue weighted by Crippen LogP contribution is -2.66. The quantitative estimate of drug-likeness (QED) is 0.431. The molecule has 0 saturated carbocycles. The summed E-state index contributed by atoms with van der Waals surface area (Å²) >= 11 is 0. The smallest absolute Gasteiger partial charge is 0.123 e. The first-order chi connectivity index (χ1) is 20.6. The number of allylic oxidation sites excluding steroid dienone is 3. The fraction of sp³-hybridized carbons (Fsp3) is 0.639. The number of aliphatic hydroxyl groups is 1. The molecule has 4 fully saturated rings. The Kier molecular flexibility index (Phi) is 6.00. The van der Waals surface area contributed by atoms with Crippen LogP contribution in [0, 0.1) is 11.3 Å². The van der Waals surface area contributed by atoms with Gasteiger partial charge in [0.05, 0.1) is 29.2 Å². The lowest BCUT2D eigenvalue weighted by atomic mass is 9.54. The fourth-order valence-electron chi connectivity index (χ4n) is 10.8. The molecule has 4 saturated heterocycles. The molecule has 0 amide bonds. The average molecular weight is 567 g/mol. The lowest BCUT2D eigenvalue weighted by Gasteiger charge is -2.58. The van der Waals surface area contributed by atoms with Crippen LogP contribution in [0.4, 0.5) is 0 Å². The molecule has 9 rings (SSSR count). The molecule has 2 N–H and O–H groups in total. The van der Waals surface area contributed by atoms with Gasteiger partial charge in [0.2, 0.25) is 0 Å². The van der Waals surface area contributed by atoms with Crippen molar-refractivity contribution in [2.24, 2.45) is 16.3 Å². The minimum Gasteiger partial charge on any atom is -0.384 e. The summed E-state index contributed by atoms with van der Waals surface area (Å²) in [6, 6.07) is 8.82. The number of hydrogen-bond acceptors (Lipinski definition) is 5. The van der Waals surface area contributed by atoms with Crippen LogP contribution in [0.1, 0.15) is 81.9 Å². The van der Waals surface area contributed by atoms with Crippen LogP contribution in [0.5, 0.6) is 0 Å². The largest absolute Gasteiger partial charge is 0.384 e. The number of nitrogens with one attached hydrogen (secondary N) is 1. The Bertz CT molecular complexity index is 1490. The molecule has 1 aromatic heterocycles. The van der Waals surface area contributed by atoms with Crippen molar-refractivity contribution < 1.29 is 9.84 Å². The number of aliphatic imine (C=N–C) groups is 1. The summed E-state index contributed by atoms with van der Waals surface area (Å²) in [7, 11) is 0. The molecule has 2 spiro atoms. The van der Waals surface area contributed by atoms with E-state index in [1.54, 1.807) is 0 Å². The van der Waals surface area contributed by atoms with E-state index < -0.39 is 5.60 Å². The van der Waals surface area contributed by atoms with Gasteiger partial charge in [-0.05, 0) is 119 Å². The maximum Gasteiger partial charge on any atom is 0.123 e. The monoisotopic (exact) mass is 566 g/mol. The maximum atomic E-state index is 13.2. The Labute approximate surface area is 249 Å². The molecular weight excluding hydrogens is 520 g/mol. The molecular formula is C36H46N4O2. The molecule has 6 heteroatoms. The van der Waals surface area contributed by atoms with Crippen LogP contribution in [0.15, 0.2) is 53.1 Å². The van der Waals surface area contributed by atoms with Crippen LogP contribution in [-0.2, 0) is 11.2 Å². The number of fused-ring (bicyclic) bond motifs is 5. The SMILES string of the molecule is O[C@]12C=C(C3=NCCc4c3[nH]c3ccccc43)[C@@H]3CCN(CCCC/C=C\CC1)C[C@@]31CC34CCC(CCCN3[C@H]12)O4. The van der Waals surface area contributed by atoms with Gasteiger partial charge in [0.1, 0.15) is 5.72 Å². The van der Waals surface area contributed by atoms with Crippen molar-refractivity contribution in [2.45, 2.75) is 101 Å². The molecule has 0 radical (unpaired) electrons. The minimum atomic E-state index is -0.922. The molecule has 7 aliphatic rings. The standard InChI is InChI=1S/C36H46N4O2/c41-35-16-7-3-1-2-4-8-19-39-21-15-29(34(24-39)23-36-17-13-25(42-36)10-9-20-40(36)33(34)35)28(22-35)31-32-27(14-18-37-31)26-11-5-6-12-30(26)38-32/h1,3,5-6,11-12,22,25,29,33,38,41H,2,4,7-10,13-21,23-24H2/b3-1-/t25?,29-,33+,34-,35-,36?/m0/s1. The molecule has 6 nitrogen and oxygen atoms in total. The molecule has 1 aromatic carbocycles. The summed E-state index contributed by atoms with van der Waals surface area (Å²) in [5.74, 6) is 0.375. The number of benzene rings is 1. The highest BCUT2D eigenvalue weighted by Gasteiger charge is 2.72. The predicted octanol–water partition coefficient (Wildman–Crippen LogP) is 5.76. The van der Waals surface area contributed by atoms with Crippen molar-refractivity contribution in [1.82, 2.24) is 14.8 Å². The number of ether oxygens (including phenoxy) is 1. The molecule has 3 unspecified atom stereocenters. The summed E-state index contributed by atoms with van der Waals surface area (Å²) in [5, 5.41) is 14.5. The normalized spacial score (nSPS) is 42.3. The van der Waals surface area contributed by atoms with Crippen LogP contribution < -0.4 is 0 Å². The number of para-hydroxylation sites is 1. The first kappa shape index (κ1) is 26.2. The van der Waals surface area contributed by atoms with Gasteiger partial charge in [-0.2, -0.15) is 0 Å². The van der Waals surface area contributed by atoms with E-state index in [1.165, 1.54) is 53.4 Å². The highest BCUT2D eigenvalue weighted by Crippen LogP contribution is 2.65. The van der Waals surface area contributed by atoms with Crippen molar-refractivity contribution in [3.05, 3.63) is 59.3 Å². The van der Waals surface area contributed by atoms with E-state index in [-0.39, 0.29) is 17.2 Å². The summed E-state index contributed by atoms with van der Waals surface area (Å²) in [4.78, 5) is 14.6. The third-order valence-electron chi connectivity index (χ3n) is 12.3. The van der Waals surface area contributed by atoms with Gasteiger partial charge in [0.25, 0.3) is 0 Å². The predicted molar refractivity (Wildman–Crippen MR) is 167 cm³/mol. The zero-order chi connectivity index (χ0) is 27.9. The first-order valence-corrected chi connectivity index (χ1v) is 17.0. The third kappa shape index (κ3) is 3.74. The van der Waals surface area contributed by atoms with E-state index in [2.05, 4.69) is 57.3 Å². The van der Waals surface area contributed by atoms with Gasteiger partial charge in [-0.25, -0.2) is 0 Å². The van der Waals surface area contributed by atoms with Crippen molar-refractivity contribution in [3.63, 3.8) is 0 Å². The Morgan fingerprint density at radius 3 is 2.88 bits per heavy atom. The first-order valence-electron chi connectivity index (χ1n) is 17.0. The second-order valence-electron chi connectivity index (χ2n) is 14.6. The molecule has 5 bridgehead atoms. The van der Waals surface area contributed by atoms with Gasteiger partial charge in [0.15, 0.2) is 0 Å². The van der Waals surface area contributed by atoms with Gasteiger partial charge < -0.3 is 19.7 Å².